The van der Waals surface area contributed by atoms with E-state index in [2.05, 4.69) is 34.7 Å². The molecule has 1 N–H and O–H groups in total. The lowest BCUT2D eigenvalue weighted by Gasteiger charge is -2.39. The van der Waals surface area contributed by atoms with E-state index in [-0.39, 0.29) is 24.2 Å². The van der Waals surface area contributed by atoms with Crippen molar-refractivity contribution in [2.24, 2.45) is 0 Å². The van der Waals surface area contributed by atoms with Crippen LogP contribution in [0.4, 0.5) is 10.6 Å². The number of aromatic nitrogens is 3. The van der Waals surface area contributed by atoms with E-state index >= 15 is 0 Å². The van der Waals surface area contributed by atoms with Gasteiger partial charge < -0.3 is 19.7 Å². The second-order valence-electron chi connectivity index (χ2n) is 11.0. The van der Waals surface area contributed by atoms with Gasteiger partial charge in [0, 0.05) is 54.1 Å². The summed E-state index contributed by atoms with van der Waals surface area (Å²) in [5, 5.41) is 8.00. The van der Waals surface area contributed by atoms with Gasteiger partial charge in [-0.25, -0.2) is 14.5 Å². The summed E-state index contributed by atoms with van der Waals surface area (Å²) >= 11 is 0. The van der Waals surface area contributed by atoms with Crippen LogP contribution < -0.4 is 10.1 Å². The van der Waals surface area contributed by atoms with Crippen molar-refractivity contribution in [1.29, 1.82) is 0 Å². The fraction of sp³-hybridized carbons (Fsp3) is 0.464. The van der Waals surface area contributed by atoms with Crippen molar-refractivity contribution in [3.05, 3.63) is 54.5 Å². The molecule has 36 heavy (non-hydrogen) atoms. The number of amides is 1. The first-order chi connectivity index (χ1) is 17.3. The number of fused-ring (bicyclic) bond motifs is 5. The molecule has 1 amide bonds. The first-order valence-electron chi connectivity index (χ1n) is 12.9. The SMILES string of the molecule is CC(C)(C)OC(=O)N1[C@@H]2CC[C@H]1CC(Nc1ccc3c(n1)CCOc1cc(-n4cccn4)ccc1-3)C2. The highest BCUT2D eigenvalue weighted by Gasteiger charge is 2.45. The monoisotopic (exact) mass is 487 g/mol. The van der Waals surface area contributed by atoms with Crippen LogP contribution >= 0.6 is 0 Å². The molecule has 3 atom stereocenters. The zero-order chi connectivity index (χ0) is 24.9. The molecular formula is C28H33N5O3. The summed E-state index contributed by atoms with van der Waals surface area (Å²) in [5.74, 6) is 1.75. The van der Waals surface area contributed by atoms with Crippen molar-refractivity contribution in [2.75, 3.05) is 11.9 Å². The molecule has 8 nitrogen and oxygen atoms in total. The minimum absolute atomic E-state index is 0.175. The number of pyridine rings is 1. The zero-order valence-corrected chi connectivity index (χ0v) is 21.1. The highest BCUT2D eigenvalue weighted by atomic mass is 16.6. The van der Waals surface area contributed by atoms with Gasteiger partial charge in [-0.2, -0.15) is 5.10 Å². The standard InChI is InChI=1S/C28H33N5O3/c1-28(2,3)36-27(34)33-20-5-6-21(33)16-18(15-20)30-26-10-9-22-23-8-7-19(32-13-4-12-29-32)17-25(23)35-14-11-24(22)31-26/h4,7-10,12-13,17-18,20-21H,5-6,11,14-16H2,1-3H3,(H,30,31)/t18?,20-,21+. The van der Waals surface area contributed by atoms with Crippen LogP contribution in [0.5, 0.6) is 5.75 Å². The Kier molecular flexibility index (Phi) is 5.62. The predicted octanol–water partition coefficient (Wildman–Crippen LogP) is 5.21. The lowest BCUT2D eigenvalue weighted by Crippen LogP contribution is -2.51. The molecule has 1 aromatic carbocycles. The van der Waals surface area contributed by atoms with Crippen molar-refractivity contribution in [3.63, 3.8) is 0 Å². The molecule has 2 fully saturated rings. The van der Waals surface area contributed by atoms with E-state index in [0.29, 0.717) is 6.61 Å². The van der Waals surface area contributed by atoms with Crippen molar-refractivity contribution < 1.29 is 14.3 Å². The van der Waals surface area contributed by atoms with Gasteiger partial charge in [0.25, 0.3) is 0 Å². The van der Waals surface area contributed by atoms with Crippen LogP contribution in [0.15, 0.2) is 48.8 Å². The number of nitrogens with zero attached hydrogens (tertiary/aromatic N) is 4. The van der Waals surface area contributed by atoms with Crippen molar-refractivity contribution in [3.8, 4) is 22.6 Å². The minimum atomic E-state index is -0.472. The summed E-state index contributed by atoms with van der Waals surface area (Å²) in [7, 11) is 0. The number of rotatable bonds is 3. The molecule has 3 aromatic rings. The molecule has 2 aromatic heterocycles. The molecule has 8 heteroatoms. The molecule has 2 bridgehead atoms. The minimum Gasteiger partial charge on any atom is -0.492 e. The molecule has 2 saturated heterocycles. The van der Waals surface area contributed by atoms with Crippen LogP contribution in [0.25, 0.3) is 16.8 Å². The zero-order valence-electron chi connectivity index (χ0n) is 21.1. The molecule has 3 aliphatic heterocycles. The van der Waals surface area contributed by atoms with Gasteiger partial charge in [-0.3, -0.25) is 0 Å². The number of anilines is 1. The van der Waals surface area contributed by atoms with Gasteiger partial charge in [0.15, 0.2) is 0 Å². The van der Waals surface area contributed by atoms with Crippen molar-refractivity contribution >= 4 is 11.9 Å². The molecule has 5 heterocycles. The maximum absolute atomic E-state index is 12.8. The van der Waals surface area contributed by atoms with Gasteiger partial charge in [-0.15, -0.1) is 0 Å². The molecule has 0 saturated carbocycles. The smallest absolute Gasteiger partial charge is 0.410 e. The second kappa shape index (κ2) is 8.84. The van der Waals surface area contributed by atoms with Crippen LogP contribution in [-0.4, -0.2) is 56.1 Å². The van der Waals surface area contributed by atoms with E-state index in [1.165, 1.54) is 0 Å². The van der Waals surface area contributed by atoms with E-state index in [0.717, 1.165) is 66.2 Å². The van der Waals surface area contributed by atoms with E-state index in [4.69, 9.17) is 14.5 Å². The van der Waals surface area contributed by atoms with Crippen LogP contribution in [-0.2, 0) is 11.2 Å². The fourth-order valence-electron chi connectivity index (χ4n) is 5.81. The molecule has 0 radical (unpaired) electrons. The molecule has 0 spiro atoms. The topological polar surface area (TPSA) is 81.5 Å². The maximum atomic E-state index is 12.8. The molecule has 188 valence electrons. The Morgan fingerprint density at radius 1 is 1.11 bits per heavy atom. The fourth-order valence-corrected chi connectivity index (χ4v) is 5.81. The lowest BCUT2D eigenvalue weighted by atomic mass is 9.97. The van der Waals surface area contributed by atoms with Crippen LogP contribution in [0.2, 0.25) is 0 Å². The van der Waals surface area contributed by atoms with E-state index in [9.17, 15) is 4.79 Å². The number of carbonyl (C=O) groups excluding carboxylic acids is 1. The number of piperidine rings is 1. The number of nitrogens with one attached hydrogen (secondary N) is 1. The number of hydrogen-bond acceptors (Lipinski definition) is 6. The largest absolute Gasteiger partial charge is 0.492 e. The van der Waals surface area contributed by atoms with E-state index in [1.807, 2.05) is 48.7 Å². The first-order valence-corrected chi connectivity index (χ1v) is 12.9. The molecule has 6 rings (SSSR count). The summed E-state index contributed by atoms with van der Waals surface area (Å²) in [6.07, 6.45) is 8.17. The third-order valence-electron chi connectivity index (χ3n) is 7.28. The first kappa shape index (κ1) is 22.9. The highest BCUT2D eigenvalue weighted by Crippen LogP contribution is 2.39. The highest BCUT2D eigenvalue weighted by molar-refractivity contribution is 5.75. The van der Waals surface area contributed by atoms with Gasteiger partial charge in [0.05, 0.1) is 18.0 Å². The van der Waals surface area contributed by atoms with Crippen molar-refractivity contribution in [2.45, 2.75) is 76.6 Å². The van der Waals surface area contributed by atoms with E-state index in [1.54, 1.807) is 6.20 Å². The van der Waals surface area contributed by atoms with E-state index < -0.39 is 5.60 Å². The summed E-state index contributed by atoms with van der Waals surface area (Å²) in [6, 6.07) is 13.1. The predicted molar refractivity (Wildman–Crippen MR) is 138 cm³/mol. The average Bonchev–Trinajstić information content (AvgIpc) is 3.41. The Bertz CT molecular complexity index is 1250. The summed E-state index contributed by atoms with van der Waals surface area (Å²) in [6.45, 7) is 6.35. The van der Waals surface area contributed by atoms with Crippen LogP contribution in [0.3, 0.4) is 0 Å². The maximum Gasteiger partial charge on any atom is 0.410 e. The van der Waals surface area contributed by atoms with Gasteiger partial charge in [-0.1, -0.05) is 0 Å². The molecule has 0 aliphatic carbocycles. The lowest BCUT2D eigenvalue weighted by molar-refractivity contribution is 0.00682. The number of carbonyl (C=O) groups is 1. The Labute approximate surface area is 211 Å². The number of ether oxygens (including phenoxy) is 2. The van der Waals surface area contributed by atoms with Crippen molar-refractivity contribution in [1.82, 2.24) is 19.7 Å². The number of hydrogen-bond donors (Lipinski definition) is 1. The van der Waals surface area contributed by atoms with Crippen LogP contribution in [0.1, 0.15) is 52.1 Å². The Hall–Kier alpha value is -3.55. The third-order valence-corrected chi connectivity index (χ3v) is 7.28. The van der Waals surface area contributed by atoms with Crippen LogP contribution in [0, 0.1) is 0 Å². The quantitative estimate of drug-likeness (QED) is 0.546. The summed E-state index contributed by atoms with van der Waals surface area (Å²) < 4.78 is 13.6. The molecular weight excluding hydrogens is 454 g/mol. The molecule has 3 aliphatic rings. The summed E-state index contributed by atoms with van der Waals surface area (Å²) in [4.78, 5) is 19.8. The molecule has 1 unspecified atom stereocenters. The van der Waals surface area contributed by atoms with Gasteiger partial charge >= 0.3 is 6.09 Å². The summed E-state index contributed by atoms with van der Waals surface area (Å²) in [5.41, 5.74) is 3.71. The Balaban J connectivity index is 1.18. The van der Waals surface area contributed by atoms with Gasteiger partial charge in [0.2, 0.25) is 0 Å². The number of benzene rings is 1. The average molecular weight is 488 g/mol. The third kappa shape index (κ3) is 4.40. The second-order valence-corrected chi connectivity index (χ2v) is 11.0. The Morgan fingerprint density at radius 2 is 1.89 bits per heavy atom. The Morgan fingerprint density at radius 3 is 2.61 bits per heavy atom. The normalized spacial score (nSPS) is 22.8. The van der Waals surface area contributed by atoms with Gasteiger partial charge in [-0.05, 0) is 76.8 Å². The van der Waals surface area contributed by atoms with Gasteiger partial charge in [0.1, 0.15) is 17.2 Å².